The minimum absolute atomic E-state index is 0.201. The van der Waals surface area contributed by atoms with Crippen molar-refractivity contribution in [2.75, 3.05) is 23.7 Å². The highest BCUT2D eigenvalue weighted by atomic mass is 15.4. The molecule has 0 radical (unpaired) electrons. The number of nitriles is 1. The first-order chi connectivity index (χ1) is 7.95. The summed E-state index contributed by atoms with van der Waals surface area (Å²) in [7, 11) is 0. The van der Waals surface area contributed by atoms with Crippen LogP contribution in [-0.4, -0.2) is 22.9 Å². The van der Waals surface area contributed by atoms with Crippen molar-refractivity contribution in [2.45, 2.75) is 39.2 Å². The van der Waals surface area contributed by atoms with Crippen LogP contribution in [0.25, 0.3) is 0 Å². The lowest BCUT2D eigenvalue weighted by atomic mass is 10.1. The zero-order chi connectivity index (χ0) is 12.6. The average molecular weight is 233 g/mol. The summed E-state index contributed by atoms with van der Waals surface area (Å²) >= 11 is 0. The summed E-state index contributed by atoms with van der Waals surface area (Å²) in [5, 5.41) is 13.8. The second-order valence-corrected chi connectivity index (χ2v) is 5.47. The van der Waals surface area contributed by atoms with Crippen LogP contribution in [0.2, 0.25) is 0 Å². The highest BCUT2D eigenvalue weighted by Gasteiger charge is 2.27. The van der Waals surface area contributed by atoms with Crippen LogP contribution in [0.3, 0.4) is 0 Å². The molecule has 1 aromatic rings. The fourth-order valence-corrected chi connectivity index (χ4v) is 2.19. The quantitative estimate of drug-likeness (QED) is 0.801. The van der Waals surface area contributed by atoms with E-state index in [0.717, 1.165) is 31.7 Å². The highest BCUT2D eigenvalue weighted by Crippen LogP contribution is 2.30. The van der Waals surface area contributed by atoms with Crippen molar-refractivity contribution in [3.8, 4) is 6.07 Å². The molecule has 0 unspecified atom stereocenters. The van der Waals surface area contributed by atoms with Gasteiger partial charge in [0.1, 0.15) is 17.5 Å². The van der Waals surface area contributed by atoms with Gasteiger partial charge in [0.2, 0.25) is 0 Å². The first-order valence-corrected chi connectivity index (χ1v) is 5.99. The number of hydrogen-bond acceptors (Lipinski definition) is 4. The monoisotopic (exact) mass is 233 g/mol. The van der Waals surface area contributed by atoms with Crippen LogP contribution >= 0.6 is 0 Å². The summed E-state index contributed by atoms with van der Waals surface area (Å²) in [6, 6.07) is 2.18. The molecular weight excluding hydrogens is 214 g/mol. The summed E-state index contributed by atoms with van der Waals surface area (Å²) in [4.78, 5) is 2.15. The number of hydrogen-bond donors (Lipinski definition) is 1. The minimum atomic E-state index is -0.201. The molecule has 0 amide bonds. The van der Waals surface area contributed by atoms with Crippen LogP contribution in [0.5, 0.6) is 0 Å². The molecule has 1 aliphatic rings. The molecule has 1 saturated heterocycles. The van der Waals surface area contributed by atoms with E-state index in [-0.39, 0.29) is 5.54 Å². The fourth-order valence-electron chi connectivity index (χ4n) is 2.19. The van der Waals surface area contributed by atoms with E-state index in [1.807, 2.05) is 20.8 Å². The molecule has 0 aromatic carbocycles. The van der Waals surface area contributed by atoms with Crippen molar-refractivity contribution in [1.29, 1.82) is 5.26 Å². The smallest absolute Gasteiger partial charge is 0.170 e. The third-order valence-electron chi connectivity index (χ3n) is 3.06. The van der Waals surface area contributed by atoms with Gasteiger partial charge >= 0.3 is 0 Å². The van der Waals surface area contributed by atoms with Gasteiger partial charge in [-0.1, -0.05) is 0 Å². The third-order valence-corrected chi connectivity index (χ3v) is 3.06. The molecule has 5 heteroatoms. The Morgan fingerprint density at radius 2 is 1.88 bits per heavy atom. The lowest BCUT2D eigenvalue weighted by Gasteiger charge is -2.21. The highest BCUT2D eigenvalue weighted by molar-refractivity contribution is 5.65. The molecule has 0 bridgehead atoms. The van der Waals surface area contributed by atoms with Crippen LogP contribution in [0.15, 0.2) is 0 Å². The summed E-state index contributed by atoms with van der Waals surface area (Å²) in [5.74, 6) is 1.22. The minimum Gasteiger partial charge on any atom is -0.383 e. The molecule has 1 aliphatic heterocycles. The Kier molecular flexibility index (Phi) is 2.74. The molecule has 17 heavy (non-hydrogen) atoms. The summed E-state index contributed by atoms with van der Waals surface area (Å²) in [6.45, 7) is 8.03. The molecule has 92 valence electrons. The lowest BCUT2D eigenvalue weighted by Crippen LogP contribution is -2.25. The van der Waals surface area contributed by atoms with E-state index in [4.69, 9.17) is 5.73 Å². The zero-order valence-electron chi connectivity index (χ0n) is 10.7. The van der Waals surface area contributed by atoms with Gasteiger partial charge in [0, 0.05) is 13.1 Å². The SMILES string of the molecule is CC(C)(C)n1nc(N2CCCC2)c(C#N)c1N. The van der Waals surface area contributed by atoms with Gasteiger partial charge in [-0.3, -0.25) is 0 Å². The van der Waals surface area contributed by atoms with E-state index in [2.05, 4.69) is 16.1 Å². The average Bonchev–Trinajstić information content (AvgIpc) is 2.82. The molecule has 2 rings (SSSR count). The molecular formula is C12H19N5. The Labute approximate surface area is 102 Å². The summed E-state index contributed by atoms with van der Waals surface area (Å²) < 4.78 is 1.75. The molecule has 1 aromatic heterocycles. The first-order valence-electron chi connectivity index (χ1n) is 5.99. The van der Waals surface area contributed by atoms with Crippen molar-refractivity contribution in [3.05, 3.63) is 5.56 Å². The van der Waals surface area contributed by atoms with E-state index in [1.54, 1.807) is 4.68 Å². The van der Waals surface area contributed by atoms with Crippen LogP contribution < -0.4 is 10.6 Å². The van der Waals surface area contributed by atoms with Gasteiger partial charge in [-0.25, -0.2) is 4.68 Å². The molecule has 1 fully saturated rings. The van der Waals surface area contributed by atoms with Gasteiger partial charge in [0.05, 0.1) is 5.54 Å². The van der Waals surface area contributed by atoms with Gasteiger partial charge in [-0.15, -0.1) is 0 Å². The predicted octanol–water partition coefficient (Wildman–Crippen LogP) is 1.69. The van der Waals surface area contributed by atoms with Crippen molar-refractivity contribution >= 4 is 11.6 Å². The predicted molar refractivity (Wildman–Crippen MR) is 67.8 cm³/mol. The maximum Gasteiger partial charge on any atom is 0.170 e. The molecule has 0 atom stereocenters. The number of nitrogen functional groups attached to an aromatic ring is 1. The van der Waals surface area contributed by atoms with Crippen LogP contribution in [0.1, 0.15) is 39.2 Å². The van der Waals surface area contributed by atoms with E-state index in [1.165, 1.54) is 0 Å². The standard InChI is InChI=1S/C12H19N5/c1-12(2,3)17-10(14)9(8-13)11(15-17)16-6-4-5-7-16/h4-7,14H2,1-3H3. The second kappa shape index (κ2) is 3.95. The third kappa shape index (κ3) is 1.95. The van der Waals surface area contributed by atoms with E-state index < -0.39 is 0 Å². The Bertz CT molecular complexity index is 454. The molecule has 2 heterocycles. The lowest BCUT2D eigenvalue weighted by molar-refractivity contribution is 0.362. The van der Waals surface area contributed by atoms with Crippen molar-refractivity contribution in [3.63, 3.8) is 0 Å². The molecule has 0 aliphatic carbocycles. The number of anilines is 2. The van der Waals surface area contributed by atoms with Gasteiger partial charge < -0.3 is 10.6 Å². The maximum absolute atomic E-state index is 9.23. The number of nitrogens with two attached hydrogens (primary N) is 1. The number of aromatic nitrogens is 2. The summed E-state index contributed by atoms with van der Waals surface area (Å²) in [5.41, 5.74) is 6.33. The van der Waals surface area contributed by atoms with E-state index in [9.17, 15) is 5.26 Å². The van der Waals surface area contributed by atoms with E-state index >= 15 is 0 Å². The van der Waals surface area contributed by atoms with Crippen LogP contribution in [0, 0.1) is 11.3 Å². The van der Waals surface area contributed by atoms with Gasteiger partial charge in [0.25, 0.3) is 0 Å². The summed E-state index contributed by atoms with van der Waals surface area (Å²) in [6.07, 6.45) is 2.32. The largest absolute Gasteiger partial charge is 0.383 e. The van der Waals surface area contributed by atoms with Gasteiger partial charge in [-0.05, 0) is 33.6 Å². The topological polar surface area (TPSA) is 70.9 Å². The van der Waals surface area contributed by atoms with Crippen LogP contribution in [0.4, 0.5) is 11.6 Å². The second-order valence-electron chi connectivity index (χ2n) is 5.47. The van der Waals surface area contributed by atoms with Crippen molar-refractivity contribution < 1.29 is 0 Å². The Hall–Kier alpha value is -1.70. The van der Waals surface area contributed by atoms with Crippen molar-refractivity contribution in [1.82, 2.24) is 9.78 Å². The Morgan fingerprint density at radius 1 is 1.29 bits per heavy atom. The maximum atomic E-state index is 9.23. The molecule has 5 nitrogen and oxygen atoms in total. The van der Waals surface area contributed by atoms with E-state index in [0.29, 0.717) is 11.4 Å². The first kappa shape index (κ1) is 11.8. The van der Waals surface area contributed by atoms with Crippen molar-refractivity contribution in [2.24, 2.45) is 0 Å². The van der Waals surface area contributed by atoms with Crippen LogP contribution in [-0.2, 0) is 5.54 Å². The fraction of sp³-hybridized carbons (Fsp3) is 0.667. The normalized spacial score (nSPS) is 16.2. The number of nitrogens with zero attached hydrogens (tertiary/aromatic N) is 4. The molecule has 0 saturated carbocycles. The van der Waals surface area contributed by atoms with Gasteiger partial charge in [0.15, 0.2) is 5.82 Å². The van der Waals surface area contributed by atoms with Gasteiger partial charge in [-0.2, -0.15) is 10.4 Å². The Morgan fingerprint density at radius 3 is 2.35 bits per heavy atom. The molecule has 0 spiro atoms. The molecule has 2 N–H and O–H groups in total. The zero-order valence-corrected chi connectivity index (χ0v) is 10.7. The Balaban J connectivity index is 2.49. The number of rotatable bonds is 1.